The minimum Gasteiger partial charge on any atom is -0.497 e. The molecule has 1 aliphatic carbocycles. The Morgan fingerprint density at radius 1 is 1.17 bits per heavy atom. The van der Waals surface area contributed by atoms with Crippen LogP contribution in [0, 0.1) is 11.3 Å². The van der Waals surface area contributed by atoms with Gasteiger partial charge in [-0.05, 0) is 60.7 Å². The normalized spacial score (nSPS) is 13.6. The van der Waals surface area contributed by atoms with E-state index in [0.717, 1.165) is 18.4 Å². The van der Waals surface area contributed by atoms with Crippen LogP contribution in [-0.2, 0) is 11.3 Å². The third-order valence-electron chi connectivity index (χ3n) is 5.30. The van der Waals surface area contributed by atoms with E-state index in [9.17, 15) is 9.59 Å². The number of nitrogens with zero attached hydrogens (tertiary/aromatic N) is 1. The summed E-state index contributed by atoms with van der Waals surface area (Å²) in [7, 11) is 1.57. The molecule has 3 rings (SSSR count). The Kier molecular flexibility index (Phi) is 6.77. The number of anilines is 1. The minimum atomic E-state index is -0.207. The van der Waals surface area contributed by atoms with Crippen molar-refractivity contribution in [2.24, 2.45) is 17.1 Å². The van der Waals surface area contributed by atoms with Gasteiger partial charge in [0.25, 0.3) is 5.91 Å². The zero-order valence-electron chi connectivity index (χ0n) is 18.0. The summed E-state index contributed by atoms with van der Waals surface area (Å²) in [6.45, 7) is 5.77. The number of amides is 2. The molecular formula is C24H31N3O3. The summed E-state index contributed by atoms with van der Waals surface area (Å²) in [5.74, 6) is 0.770. The standard InChI is InChI=1S/C24H31N3O3/c1-24(2,15-25)16-27(23(29)18-10-11-18)14-17-6-4-8-20(12-17)26-22(28)19-7-5-9-21(13-19)30-3/h4-9,12-13,18H,10-11,14-16,25H2,1-3H3,(H,26,28). The number of rotatable bonds is 9. The Morgan fingerprint density at radius 2 is 1.90 bits per heavy atom. The van der Waals surface area contributed by atoms with Crippen molar-refractivity contribution in [3.8, 4) is 5.75 Å². The Labute approximate surface area is 178 Å². The van der Waals surface area contributed by atoms with Crippen LogP contribution in [0.15, 0.2) is 48.5 Å². The molecule has 0 aliphatic heterocycles. The van der Waals surface area contributed by atoms with Crippen molar-refractivity contribution in [1.29, 1.82) is 0 Å². The van der Waals surface area contributed by atoms with E-state index < -0.39 is 0 Å². The van der Waals surface area contributed by atoms with Crippen LogP contribution in [0.25, 0.3) is 0 Å². The molecule has 0 bridgehead atoms. The first kappa shape index (κ1) is 21.8. The van der Waals surface area contributed by atoms with Gasteiger partial charge in [-0.1, -0.05) is 32.0 Å². The van der Waals surface area contributed by atoms with Gasteiger partial charge in [0.15, 0.2) is 0 Å². The monoisotopic (exact) mass is 409 g/mol. The first-order valence-electron chi connectivity index (χ1n) is 10.3. The molecule has 0 aromatic heterocycles. The molecule has 6 heteroatoms. The van der Waals surface area contributed by atoms with Crippen molar-refractivity contribution in [2.75, 3.05) is 25.5 Å². The van der Waals surface area contributed by atoms with Crippen LogP contribution in [0.4, 0.5) is 5.69 Å². The Morgan fingerprint density at radius 3 is 2.57 bits per heavy atom. The SMILES string of the molecule is COc1cccc(C(=O)Nc2cccc(CN(CC(C)(C)CN)C(=O)C3CC3)c2)c1. The van der Waals surface area contributed by atoms with Crippen molar-refractivity contribution >= 4 is 17.5 Å². The predicted molar refractivity (Wildman–Crippen MR) is 118 cm³/mol. The average molecular weight is 410 g/mol. The van der Waals surface area contributed by atoms with E-state index in [-0.39, 0.29) is 23.1 Å². The number of nitrogens with two attached hydrogens (primary N) is 1. The Balaban J connectivity index is 1.72. The fourth-order valence-corrected chi connectivity index (χ4v) is 3.32. The molecule has 0 atom stereocenters. The third-order valence-corrected chi connectivity index (χ3v) is 5.30. The molecule has 160 valence electrons. The smallest absolute Gasteiger partial charge is 0.255 e. The van der Waals surface area contributed by atoms with Gasteiger partial charge in [-0.25, -0.2) is 0 Å². The number of benzene rings is 2. The lowest BCUT2D eigenvalue weighted by Crippen LogP contribution is -2.42. The zero-order chi connectivity index (χ0) is 21.7. The van der Waals surface area contributed by atoms with Crippen LogP contribution < -0.4 is 15.8 Å². The minimum absolute atomic E-state index is 0.148. The van der Waals surface area contributed by atoms with E-state index in [0.29, 0.717) is 36.6 Å². The van der Waals surface area contributed by atoms with Gasteiger partial charge in [0.1, 0.15) is 5.75 Å². The molecule has 0 saturated heterocycles. The van der Waals surface area contributed by atoms with Crippen molar-refractivity contribution in [3.05, 3.63) is 59.7 Å². The summed E-state index contributed by atoms with van der Waals surface area (Å²) in [5.41, 5.74) is 7.94. The van der Waals surface area contributed by atoms with Gasteiger partial charge in [0, 0.05) is 30.3 Å². The van der Waals surface area contributed by atoms with Gasteiger partial charge < -0.3 is 20.7 Å². The number of nitrogens with one attached hydrogen (secondary N) is 1. The first-order chi connectivity index (χ1) is 14.3. The maximum Gasteiger partial charge on any atom is 0.255 e. The summed E-state index contributed by atoms with van der Waals surface area (Å²) >= 11 is 0. The molecule has 0 spiro atoms. The summed E-state index contributed by atoms with van der Waals surface area (Å²) in [4.78, 5) is 27.3. The van der Waals surface area contributed by atoms with Gasteiger partial charge >= 0.3 is 0 Å². The van der Waals surface area contributed by atoms with E-state index in [1.807, 2.05) is 29.2 Å². The van der Waals surface area contributed by atoms with Gasteiger partial charge in [0.2, 0.25) is 5.91 Å². The number of carbonyl (C=O) groups is 2. The van der Waals surface area contributed by atoms with Gasteiger partial charge in [-0.15, -0.1) is 0 Å². The second-order valence-corrected chi connectivity index (χ2v) is 8.72. The molecule has 2 aromatic rings. The molecule has 6 nitrogen and oxygen atoms in total. The van der Waals surface area contributed by atoms with Gasteiger partial charge in [-0.2, -0.15) is 0 Å². The van der Waals surface area contributed by atoms with E-state index in [1.54, 1.807) is 31.4 Å². The van der Waals surface area contributed by atoms with Crippen LogP contribution >= 0.6 is 0 Å². The maximum absolute atomic E-state index is 12.8. The van der Waals surface area contributed by atoms with Crippen molar-refractivity contribution in [1.82, 2.24) is 4.90 Å². The topological polar surface area (TPSA) is 84.7 Å². The quantitative estimate of drug-likeness (QED) is 0.662. The van der Waals surface area contributed by atoms with Crippen LogP contribution in [0.2, 0.25) is 0 Å². The highest BCUT2D eigenvalue weighted by Crippen LogP contribution is 2.33. The number of methoxy groups -OCH3 is 1. The zero-order valence-corrected chi connectivity index (χ0v) is 18.0. The van der Waals surface area contributed by atoms with E-state index in [4.69, 9.17) is 10.5 Å². The van der Waals surface area contributed by atoms with E-state index in [2.05, 4.69) is 19.2 Å². The summed E-state index contributed by atoms with van der Waals surface area (Å²) in [6.07, 6.45) is 1.93. The second-order valence-electron chi connectivity index (χ2n) is 8.72. The molecule has 3 N–H and O–H groups in total. The lowest BCUT2D eigenvalue weighted by molar-refractivity contribution is -0.134. The molecular weight excluding hydrogens is 378 g/mol. The predicted octanol–water partition coefficient (Wildman–Crippen LogP) is 3.67. The summed E-state index contributed by atoms with van der Waals surface area (Å²) in [5, 5.41) is 2.93. The number of hydrogen-bond acceptors (Lipinski definition) is 4. The van der Waals surface area contributed by atoms with Crippen molar-refractivity contribution in [3.63, 3.8) is 0 Å². The number of carbonyl (C=O) groups excluding carboxylic acids is 2. The highest BCUT2D eigenvalue weighted by Gasteiger charge is 2.35. The number of hydrogen-bond donors (Lipinski definition) is 2. The fraction of sp³-hybridized carbons (Fsp3) is 0.417. The molecule has 1 aliphatic rings. The highest BCUT2D eigenvalue weighted by molar-refractivity contribution is 6.04. The lowest BCUT2D eigenvalue weighted by atomic mass is 9.92. The summed E-state index contributed by atoms with van der Waals surface area (Å²) in [6, 6.07) is 14.7. The second kappa shape index (κ2) is 9.30. The van der Waals surface area contributed by atoms with Crippen LogP contribution in [0.1, 0.15) is 42.6 Å². The lowest BCUT2D eigenvalue weighted by Gasteiger charge is -2.32. The van der Waals surface area contributed by atoms with Crippen LogP contribution in [0.5, 0.6) is 5.75 Å². The molecule has 30 heavy (non-hydrogen) atoms. The molecule has 0 unspecified atom stereocenters. The molecule has 2 amide bonds. The largest absolute Gasteiger partial charge is 0.497 e. The molecule has 1 fully saturated rings. The molecule has 0 radical (unpaired) electrons. The molecule has 1 saturated carbocycles. The van der Waals surface area contributed by atoms with Crippen molar-refractivity contribution in [2.45, 2.75) is 33.2 Å². The third kappa shape index (κ3) is 5.83. The fourth-order valence-electron chi connectivity index (χ4n) is 3.32. The van der Waals surface area contributed by atoms with Gasteiger partial charge in [0.05, 0.1) is 7.11 Å². The average Bonchev–Trinajstić information content (AvgIpc) is 3.58. The maximum atomic E-state index is 12.8. The first-order valence-corrected chi connectivity index (χ1v) is 10.3. The summed E-state index contributed by atoms with van der Waals surface area (Å²) < 4.78 is 5.19. The van der Waals surface area contributed by atoms with E-state index in [1.165, 1.54) is 0 Å². The van der Waals surface area contributed by atoms with Gasteiger partial charge in [-0.3, -0.25) is 9.59 Å². The highest BCUT2D eigenvalue weighted by atomic mass is 16.5. The van der Waals surface area contributed by atoms with Crippen LogP contribution in [-0.4, -0.2) is 36.9 Å². The van der Waals surface area contributed by atoms with E-state index >= 15 is 0 Å². The Bertz CT molecular complexity index is 906. The molecule has 0 heterocycles. The number of ether oxygens (including phenoxy) is 1. The van der Waals surface area contributed by atoms with Crippen LogP contribution in [0.3, 0.4) is 0 Å². The Hall–Kier alpha value is -2.86. The van der Waals surface area contributed by atoms with Crippen molar-refractivity contribution < 1.29 is 14.3 Å². The molecule has 2 aromatic carbocycles.